The predicted molar refractivity (Wildman–Crippen MR) is 76.8 cm³/mol. The van der Waals surface area contributed by atoms with Gasteiger partial charge in [0.15, 0.2) is 0 Å². The molecular formula is C13H19BrClN. The van der Waals surface area contributed by atoms with Gasteiger partial charge in [0, 0.05) is 29.1 Å². The van der Waals surface area contributed by atoms with Crippen LogP contribution in [0.4, 0.5) is 5.69 Å². The summed E-state index contributed by atoms with van der Waals surface area (Å²) in [5, 5.41) is 1.65. The number of hydrogen-bond acceptors (Lipinski definition) is 1. The molecular weight excluding hydrogens is 286 g/mol. The molecule has 0 saturated carbocycles. The lowest BCUT2D eigenvalue weighted by Crippen LogP contribution is -2.28. The Hall–Kier alpha value is -0.210. The molecule has 0 aromatic heterocycles. The third kappa shape index (κ3) is 3.67. The van der Waals surface area contributed by atoms with Crippen molar-refractivity contribution in [3.05, 3.63) is 28.8 Å². The highest BCUT2D eigenvalue weighted by Gasteiger charge is 2.10. The monoisotopic (exact) mass is 303 g/mol. The molecule has 0 aliphatic carbocycles. The number of hydrogen-bond donors (Lipinski definition) is 0. The zero-order valence-electron chi connectivity index (χ0n) is 10.1. The van der Waals surface area contributed by atoms with E-state index in [0.29, 0.717) is 5.92 Å². The molecule has 1 aromatic rings. The smallest absolute Gasteiger partial charge is 0.0410 e. The summed E-state index contributed by atoms with van der Waals surface area (Å²) in [6.07, 6.45) is 0. The lowest BCUT2D eigenvalue weighted by Gasteiger charge is -2.27. The first-order valence-electron chi connectivity index (χ1n) is 5.67. The summed E-state index contributed by atoms with van der Waals surface area (Å²) in [5.74, 6) is 0.666. The Morgan fingerprint density at radius 3 is 2.56 bits per heavy atom. The Morgan fingerprint density at radius 1 is 1.38 bits per heavy atom. The minimum Gasteiger partial charge on any atom is -0.371 e. The highest BCUT2D eigenvalue weighted by molar-refractivity contribution is 9.08. The zero-order valence-corrected chi connectivity index (χ0v) is 12.5. The van der Waals surface area contributed by atoms with Crippen molar-refractivity contribution in [1.29, 1.82) is 0 Å². The fourth-order valence-electron chi connectivity index (χ4n) is 1.81. The molecule has 0 radical (unpaired) electrons. The first-order chi connectivity index (χ1) is 7.58. The van der Waals surface area contributed by atoms with E-state index in [0.717, 1.165) is 23.4 Å². The average molecular weight is 305 g/mol. The van der Waals surface area contributed by atoms with Crippen LogP contribution < -0.4 is 4.90 Å². The minimum absolute atomic E-state index is 0.666. The van der Waals surface area contributed by atoms with E-state index in [9.17, 15) is 0 Å². The van der Waals surface area contributed by atoms with Crippen LogP contribution in [0.2, 0.25) is 5.02 Å². The topological polar surface area (TPSA) is 3.24 Å². The van der Waals surface area contributed by atoms with Crippen molar-refractivity contribution in [2.24, 2.45) is 5.92 Å². The molecule has 0 aliphatic heterocycles. The van der Waals surface area contributed by atoms with Crippen molar-refractivity contribution in [1.82, 2.24) is 0 Å². The van der Waals surface area contributed by atoms with Crippen LogP contribution in [0.25, 0.3) is 0 Å². The molecule has 0 spiro atoms. The summed E-state index contributed by atoms with van der Waals surface area (Å²) in [4.78, 5) is 2.40. The van der Waals surface area contributed by atoms with Crippen LogP contribution in [0, 0.1) is 5.92 Å². The van der Waals surface area contributed by atoms with E-state index in [1.165, 1.54) is 11.3 Å². The average Bonchev–Trinajstić information content (AvgIpc) is 2.25. The van der Waals surface area contributed by atoms with Crippen LogP contribution in [0.3, 0.4) is 0 Å². The van der Waals surface area contributed by atoms with Gasteiger partial charge in [-0.2, -0.15) is 0 Å². The second kappa shape index (κ2) is 6.51. The van der Waals surface area contributed by atoms with E-state index in [4.69, 9.17) is 11.6 Å². The molecule has 0 fully saturated rings. The predicted octanol–water partition coefficient (Wildman–Crippen LogP) is 4.72. The molecule has 1 aromatic carbocycles. The first kappa shape index (κ1) is 13.9. The standard InChI is InChI=1S/C13H19BrClN/c1-4-16(9-10(2)3)13-6-5-12(15)7-11(13)8-14/h5-7,10H,4,8-9H2,1-3H3. The van der Waals surface area contributed by atoms with Gasteiger partial charge in [-0.05, 0) is 36.6 Å². The normalized spacial score (nSPS) is 10.9. The molecule has 0 aliphatic rings. The van der Waals surface area contributed by atoms with Crippen LogP contribution in [0.15, 0.2) is 18.2 Å². The molecule has 0 heterocycles. The fourth-order valence-corrected chi connectivity index (χ4v) is 2.45. The van der Waals surface area contributed by atoms with Crippen LogP contribution in [-0.4, -0.2) is 13.1 Å². The van der Waals surface area contributed by atoms with Crippen LogP contribution in [-0.2, 0) is 5.33 Å². The zero-order chi connectivity index (χ0) is 12.1. The molecule has 0 bridgehead atoms. The summed E-state index contributed by atoms with van der Waals surface area (Å²) in [6, 6.07) is 6.12. The van der Waals surface area contributed by atoms with E-state index >= 15 is 0 Å². The van der Waals surface area contributed by atoms with Gasteiger partial charge in [0.2, 0.25) is 0 Å². The summed E-state index contributed by atoms with van der Waals surface area (Å²) in [5.41, 5.74) is 2.55. The van der Waals surface area contributed by atoms with Crippen LogP contribution in [0.5, 0.6) is 0 Å². The van der Waals surface area contributed by atoms with Crippen LogP contribution >= 0.6 is 27.5 Å². The molecule has 0 N–H and O–H groups in total. The molecule has 3 heteroatoms. The number of anilines is 1. The van der Waals surface area contributed by atoms with E-state index in [2.05, 4.69) is 47.7 Å². The SMILES string of the molecule is CCN(CC(C)C)c1ccc(Cl)cc1CBr. The first-order valence-corrected chi connectivity index (χ1v) is 7.17. The minimum atomic E-state index is 0.666. The Labute approximate surface area is 112 Å². The maximum Gasteiger partial charge on any atom is 0.0410 e. The van der Waals surface area contributed by atoms with Gasteiger partial charge >= 0.3 is 0 Å². The second-order valence-electron chi connectivity index (χ2n) is 4.34. The van der Waals surface area contributed by atoms with Gasteiger partial charge < -0.3 is 4.90 Å². The van der Waals surface area contributed by atoms with Gasteiger partial charge in [-0.3, -0.25) is 0 Å². The highest BCUT2D eigenvalue weighted by atomic mass is 79.9. The number of nitrogens with zero attached hydrogens (tertiary/aromatic N) is 1. The number of benzene rings is 1. The molecule has 0 unspecified atom stereocenters. The lowest BCUT2D eigenvalue weighted by atomic mass is 10.1. The van der Waals surface area contributed by atoms with Gasteiger partial charge in [0.05, 0.1) is 0 Å². The van der Waals surface area contributed by atoms with E-state index in [1.54, 1.807) is 0 Å². The summed E-state index contributed by atoms with van der Waals surface area (Å²) >= 11 is 9.53. The van der Waals surface area contributed by atoms with Crippen molar-refractivity contribution >= 4 is 33.2 Å². The molecule has 0 amide bonds. The van der Waals surface area contributed by atoms with E-state index in [1.807, 2.05) is 12.1 Å². The van der Waals surface area contributed by atoms with Crippen LogP contribution in [0.1, 0.15) is 26.3 Å². The number of rotatable bonds is 5. The Balaban J connectivity index is 2.99. The summed E-state index contributed by atoms with van der Waals surface area (Å²) < 4.78 is 0. The van der Waals surface area contributed by atoms with Gasteiger partial charge in [0.25, 0.3) is 0 Å². The van der Waals surface area contributed by atoms with Gasteiger partial charge in [-0.1, -0.05) is 41.4 Å². The van der Waals surface area contributed by atoms with Crippen molar-refractivity contribution in [3.63, 3.8) is 0 Å². The third-order valence-corrected chi connectivity index (χ3v) is 3.33. The van der Waals surface area contributed by atoms with Crippen molar-refractivity contribution in [3.8, 4) is 0 Å². The lowest BCUT2D eigenvalue weighted by molar-refractivity contribution is 0.618. The third-order valence-electron chi connectivity index (χ3n) is 2.49. The molecule has 1 rings (SSSR count). The number of halogens is 2. The van der Waals surface area contributed by atoms with Crippen molar-refractivity contribution < 1.29 is 0 Å². The molecule has 0 saturated heterocycles. The fraction of sp³-hybridized carbons (Fsp3) is 0.538. The Kier molecular flexibility index (Phi) is 5.63. The van der Waals surface area contributed by atoms with Gasteiger partial charge in [-0.25, -0.2) is 0 Å². The molecule has 90 valence electrons. The van der Waals surface area contributed by atoms with E-state index < -0.39 is 0 Å². The van der Waals surface area contributed by atoms with Gasteiger partial charge in [0.1, 0.15) is 0 Å². The molecule has 0 atom stereocenters. The maximum atomic E-state index is 6.01. The van der Waals surface area contributed by atoms with E-state index in [-0.39, 0.29) is 0 Å². The number of alkyl halides is 1. The molecule has 1 nitrogen and oxygen atoms in total. The summed E-state index contributed by atoms with van der Waals surface area (Å²) in [6.45, 7) is 8.78. The van der Waals surface area contributed by atoms with Crippen molar-refractivity contribution in [2.75, 3.05) is 18.0 Å². The largest absolute Gasteiger partial charge is 0.371 e. The quantitative estimate of drug-likeness (QED) is 0.712. The maximum absolute atomic E-state index is 6.01. The Bertz CT molecular complexity index is 339. The Morgan fingerprint density at radius 2 is 2.06 bits per heavy atom. The summed E-state index contributed by atoms with van der Waals surface area (Å²) in [7, 11) is 0. The highest BCUT2D eigenvalue weighted by Crippen LogP contribution is 2.26. The second-order valence-corrected chi connectivity index (χ2v) is 5.34. The van der Waals surface area contributed by atoms with Gasteiger partial charge in [-0.15, -0.1) is 0 Å². The molecule has 16 heavy (non-hydrogen) atoms. The van der Waals surface area contributed by atoms with Crippen molar-refractivity contribution in [2.45, 2.75) is 26.1 Å².